The lowest BCUT2D eigenvalue weighted by Gasteiger charge is -2.18. The van der Waals surface area contributed by atoms with E-state index in [0.29, 0.717) is 6.42 Å². The van der Waals surface area contributed by atoms with Crippen LogP contribution in [0.25, 0.3) is 11.1 Å². The fraction of sp³-hybridized carbons (Fsp3) is 0.364. The normalized spacial score (nSPS) is 13.4. The quantitative estimate of drug-likeness (QED) is 0.743. The summed E-state index contributed by atoms with van der Waals surface area (Å²) in [5.41, 5.74) is 4.67. The van der Waals surface area contributed by atoms with E-state index in [1.165, 1.54) is 18.2 Å². The number of carbonyl (C=O) groups is 2. The third-order valence-corrected chi connectivity index (χ3v) is 4.97. The van der Waals surface area contributed by atoms with Crippen molar-refractivity contribution in [2.75, 3.05) is 13.7 Å². The minimum atomic E-state index is -0.675. The Bertz CT molecular complexity index is 772. The Kier molecular flexibility index (Phi) is 6.12. The highest BCUT2D eigenvalue weighted by Gasteiger charge is 2.29. The molecule has 2 aromatic rings. The lowest BCUT2D eigenvalue weighted by molar-refractivity contribution is -0.143. The van der Waals surface area contributed by atoms with E-state index in [0.717, 1.165) is 24.0 Å². The van der Waals surface area contributed by atoms with Gasteiger partial charge in [-0.05, 0) is 28.7 Å². The van der Waals surface area contributed by atoms with E-state index >= 15 is 0 Å². The van der Waals surface area contributed by atoms with Crippen LogP contribution in [0.2, 0.25) is 0 Å². The van der Waals surface area contributed by atoms with Crippen molar-refractivity contribution < 1.29 is 19.1 Å². The number of hydrogen-bond acceptors (Lipinski definition) is 4. The second kappa shape index (κ2) is 8.71. The number of carbonyl (C=O) groups excluding carboxylic acids is 2. The molecule has 3 rings (SSSR count). The van der Waals surface area contributed by atoms with Gasteiger partial charge in [-0.3, -0.25) is 0 Å². The molecule has 0 unspecified atom stereocenters. The van der Waals surface area contributed by atoms with Gasteiger partial charge in [-0.1, -0.05) is 68.3 Å². The van der Waals surface area contributed by atoms with Crippen LogP contribution < -0.4 is 5.32 Å². The van der Waals surface area contributed by atoms with E-state index in [9.17, 15) is 9.59 Å². The molecular formula is C22H25NO4. The van der Waals surface area contributed by atoms with Crippen LogP contribution in [0, 0.1) is 0 Å². The number of nitrogens with one attached hydrogen (secondary N) is 1. The third kappa shape index (κ3) is 4.13. The number of fused-ring (bicyclic) bond motifs is 3. The Labute approximate surface area is 159 Å². The first-order valence-electron chi connectivity index (χ1n) is 9.35. The number of alkyl carbamates (subject to hydrolysis) is 1. The van der Waals surface area contributed by atoms with E-state index in [-0.39, 0.29) is 12.5 Å². The summed E-state index contributed by atoms with van der Waals surface area (Å²) in [4.78, 5) is 24.1. The van der Waals surface area contributed by atoms with Gasteiger partial charge in [0.2, 0.25) is 0 Å². The van der Waals surface area contributed by atoms with Gasteiger partial charge in [0.25, 0.3) is 0 Å². The molecule has 142 valence electrons. The van der Waals surface area contributed by atoms with Crippen molar-refractivity contribution in [3.63, 3.8) is 0 Å². The first-order valence-corrected chi connectivity index (χ1v) is 9.35. The zero-order valence-electron chi connectivity index (χ0n) is 15.7. The van der Waals surface area contributed by atoms with Gasteiger partial charge in [0, 0.05) is 5.92 Å². The predicted molar refractivity (Wildman–Crippen MR) is 104 cm³/mol. The maximum atomic E-state index is 12.3. The molecule has 1 atom stereocenters. The SMILES string of the molecule is CCCC[C@H](NC(=O)OCC1c2ccccc2-c2ccccc21)C(=O)OC. The first kappa shape index (κ1) is 19.0. The summed E-state index contributed by atoms with van der Waals surface area (Å²) in [6.45, 7) is 2.25. The molecule has 1 aliphatic carbocycles. The minimum Gasteiger partial charge on any atom is -0.467 e. The number of benzene rings is 2. The monoisotopic (exact) mass is 367 g/mol. The van der Waals surface area contributed by atoms with Gasteiger partial charge in [0.05, 0.1) is 7.11 Å². The maximum absolute atomic E-state index is 12.3. The molecule has 27 heavy (non-hydrogen) atoms. The summed E-state index contributed by atoms with van der Waals surface area (Å²) in [5.74, 6) is -0.452. The zero-order chi connectivity index (χ0) is 19.2. The van der Waals surface area contributed by atoms with E-state index < -0.39 is 18.1 Å². The van der Waals surface area contributed by atoms with Crippen LogP contribution in [-0.2, 0) is 14.3 Å². The molecular weight excluding hydrogens is 342 g/mol. The van der Waals surface area contributed by atoms with Gasteiger partial charge in [0.1, 0.15) is 12.6 Å². The van der Waals surface area contributed by atoms with Crippen LogP contribution in [-0.4, -0.2) is 31.8 Å². The van der Waals surface area contributed by atoms with Gasteiger partial charge in [0.15, 0.2) is 0 Å². The lowest BCUT2D eigenvalue weighted by atomic mass is 9.98. The standard InChI is InChI=1S/C22H25NO4/c1-3-4-13-20(21(24)26-2)23-22(25)27-14-19-17-11-7-5-9-15(17)16-10-6-8-12-18(16)19/h5-12,19-20H,3-4,13-14H2,1-2H3,(H,23,25)/t20-/m0/s1. The molecule has 0 bridgehead atoms. The second-order valence-corrected chi connectivity index (χ2v) is 6.69. The van der Waals surface area contributed by atoms with Gasteiger partial charge in [-0.2, -0.15) is 0 Å². The van der Waals surface area contributed by atoms with Crippen LogP contribution in [0.3, 0.4) is 0 Å². The molecule has 0 fully saturated rings. The van der Waals surface area contributed by atoms with Crippen LogP contribution in [0.5, 0.6) is 0 Å². The summed E-state index contributed by atoms with van der Waals surface area (Å²) in [6, 6.07) is 15.7. The number of amides is 1. The van der Waals surface area contributed by atoms with Crippen molar-refractivity contribution in [1.29, 1.82) is 0 Å². The molecule has 0 saturated carbocycles. The van der Waals surface area contributed by atoms with Crippen LogP contribution in [0.4, 0.5) is 4.79 Å². The lowest BCUT2D eigenvalue weighted by Crippen LogP contribution is -2.42. The fourth-order valence-electron chi connectivity index (χ4n) is 3.58. The molecule has 5 heteroatoms. The van der Waals surface area contributed by atoms with Crippen molar-refractivity contribution in [1.82, 2.24) is 5.32 Å². The van der Waals surface area contributed by atoms with Crippen molar-refractivity contribution in [3.8, 4) is 11.1 Å². The largest absolute Gasteiger partial charge is 0.467 e. The van der Waals surface area contributed by atoms with Gasteiger partial charge in [-0.15, -0.1) is 0 Å². The molecule has 2 aromatic carbocycles. The number of ether oxygens (including phenoxy) is 2. The Balaban J connectivity index is 1.67. The Morgan fingerprint density at radius 1 is 1.04 bits per heavy atom. The Morgan fingerprint density at radius 3 is 2.19 bits per heavy atom. The molecule has 0 heterocycles. The fourth-order valence-corrected chi connectivity index (χ4v) is 3.58. The molecule has 1 N–H and O–H groups in total. The Hall–Kier alpha value is -2.82. The predicted octanol–water partition coefficient (Wildman–Crippen LogP) is 4.26. The third-order valence-electron chi connectivity index (χ3n) is 4.97. The average molecular weight is 367 g/mol. The molecule has 5 nitrogen and oxygen atoms in total. The summed E-state index contributed by atoms with van der Waals surface area (Å²) >= 11 is 0. The molecule has 1 aliphatic rings. The van der Waals surface area contributed by atoms with Crippen LogP contribution >= 0.6 is 0 Å². The smallest absolute Gasteiger partial charge is 0.407 e. The summed E-state index contributed by atoms with van der Waals surface area (Å²) in [5, 5.41) is 2.64. The second-order valence-electron chi connectivity index (χ2n) is 6.69. The highest BCUT2D eigenvalue weighted by Crippen LogP contribution is 2.44. The number of esters is 1. The number of rotatable bonds is 7. The molecule has 0 aliphatic heterocycles. The van der Waals surface area contributed by atoms with Crippen molar-refractivity contribution in [2.45, 2.75) is 38.1 Å². The molecule has 1 amide bonds. The van der Waals surface area contributed by atoms with Crippen molar-refractivity contribution >= 4 is 12.1 Å². The summed E-state index contributed by atoms with van der Waals surface area (Å²) in [6.07, 6.45) is 1.69. The highest BCUT2D eigenvalue weighted by atomic mass is 16.6. The maximum Gasteiger partial charge on any atom is 0.407 e. The summed E-state index contributed by atoms with van der Waals surface area (Å²) < 4.78 is 10.3. The van der Waals surface area contributed by atoms with E-state index in [1.807, 2.05) is 31.2 Å². The van der Waals surface area contributed by atoms with E-state index in [4.69, 9.17) is 9.47 Å². The zero-order valence-corrected chi connectivity index (χ0v) is 15.7. The van der Waals surface area contributed by atoms with Gasteiger partial charge >= 0.3 is 12.1 Å². The molecule has 0 saturated heterocycles. The van der Waals surface area contributed by atoms with E-state index in [1.54, 1.807) is 0 Å². The number of methoxy groups -OCH3 is 1. The molecule has 0 radical (unpaired) electrons. The number of unbranched alkanes of at least 4 members (excludes halogenated alkanes) is 1. The highest BCUT2D eigenvalue weighted by molar-refractivity contribution is 5.82. The van der Waals surface area contributed by atoms with Gasteiger partial charge < -0.3 is 14.8 Å². The molecule has 0 spiro atoms. The summed E-state index contributed by atoms with van der Waals surface area (Å²) in [7, 11) is 1.32. The Morgan fingerprint density at radius 2 is 1.63 bits per heavy atom. The molecule has 0 aromatic heterocycles. The minimum absolute atomic E-state index is 0.00429. The topological polar surface area (TPSA) is 64.6 Å². The van der Waals surface area contributed by atoms with Crippen LogP contribution in [0.15, 0.2) is 48.5 Å². The number of hydrogen-bond donors (Lipinski definition) is 1. The average Bonchev–Trinajstić information content (AvgIpc) is 3.03. The van der Waals surface area contributed by atoms with Crippen LogP contribution in [0.1, 0.15) is 43.2 Å². The van der Waals surface area contributed by atoms with Crippen molar-refractivity contribution in [2.24, 2.45) is 0 Å². The first-order chi connectivity index (χ1) is 13.2. The van der Waals surface area contributed by atoms with E-state index in [2.05, 4.69) is 29.6 Å². The van der Waals surface area contributed by atoms with Gasteiger partial charge in [-0.25, -0.2) is 9.59 Å². The van der Waals surface area contributed by atoms with Crippen molar-refractivity contribution in [3.05, 3.63) is 59.7 Å².